The highest BCUT2D eigenvalue weighted by Gasteiger charge is 2.29. The largest absolute Gasteiger partial charge is 0.497 e. The molecule has 1 aliphatic rings. The molecule has 2 rings (SSSR count). The van der Waals surface area contributed by atoms with Crippen LogP contribution in [0.5, 0.6) is 5.75 Å². The quantitative estimate of drug-likeness (QED) is 0.548. The number of nitrogens with one attached hydrogen (secondary N) is 1. The number of benzene rings is 1. The molecule has 1 aromatic rings. The molecule has 1 saturated heterocycles. The van der Waals surface area contributed by atoms with Gasteiger partial charge in [0.1, 0.15) is 5.75 Å². The maximum atomic E-state index is 12.7. The van der Waals surface area contributed by atoms with Gasteiger partial charge in [0.15, 0.2) is 5.11 Å². The first-order chi connectivity index (χ1) is 12.0. The highest BCUT2D eigenvalue weighted by molar-refractivity contribution is 7.98. The molecule has 1 N–H and O–H groups in total. The van der Waals surface area contributed by atoms with Crippen LogP contribution >= 0.6 is 24.0 Å². The van der Waals surface area contributed by atoms with E-state index in [1.54, 1.807) is 31.4 Å². The van der Waals surface area contributed by atoms with Crippen molar-refractivity contribution in [2.75, 3.05) is 51.8 Å². The molecular formula is C16H25N3O3S3. The number of thioether (sulfide) groups is 1. The van der Waals surface area contributed by atoms with Crippen LogP contribution < -0.4 is 10.1 Å². The molecule has 0 spiro atoms. The molecule has 0 bridgehead atoms. The molecule has 0 atom stereocenters. The van der Waals surface area contributed by atoms with Gasteiger partial charge >= 0.3 is 0 Å². The van der Waals surface area contributed by atoms with E-state index in [4.69, 9.17) is 17.0 Å². The highest BCUT2D eigenvalue weighted by Crippen LogP contribution is 2.20. The Kier molecular flexibility index (Phi) is 7.80. The van der Waals surface area contributed by atoms with Crippen molar-refractivity contribution >= 4 is 39.1 Å². The Morgan fingerprint density at radius 2 is 1.88 bits per heavy atom. The summed E-state index contributed by atoms with van der Waals surface area (Å²) in [6, 6.07) is 6.49. The van der Waals surface area contributed by atoms with Gasteiger partial charge in [-0.25, -0.2) is 8.42 Å². The fourth-order valence-corrected chi connectivity index (χ4v) is 4.69. The lowest BCUT2D eigenvalue weighted by molar-refractivity contribution is 0.264. The summed E-state index contributed by atoms with van der Waals surface area (Å²) in [5.41, 5.74) is 0. The Hall–Kier alpha value is -1.03. The summed E-state index contributed by atoms with van der Waals surface area (Å²) in [7, 11) is -1.92. The van der Waals surface area contributed by atoms with Crippen molar-refractivity contribution in [3.63, 3.8) is 0 Å². The molecule has 25 heavy (non-hydrogen) atoms. The van der Waals surface area contributed by atoms with Gasteiger partial charge < -0.3 is 15.0 Å². The van der Waals surface area contributed by atoms with E-state index in [0.717, 1.165) is 18.7 Å². The third kappa shape index (κ3) is 5.47. The molecule has 0 amide bonds. The van der Waals surface area contributed by atoms with Gasteiger partial charge in [-0.2, -0.15) is 16.1 Å². The zero-order chi connectivity index (χ0) is 18.3. The molecule has 140 valence electrons. The number of piperazine rings is 1. The van der Waals surface area contributed by atoms with E-state index in [1.807, 2.05) is 16.7 Å². The zero-order valence-electron chi connectivity index (χ0n) is 14.6. The minimum Gasteiger partial charge on any atom is -0.497 e. The molecule has 9 heteroatoms. The number of hydrogen-bond acceptors (Lipinski definition) is 5. The van der Waals surface area contributed by atoms with Crippen molar-refractivity contribution in [3.05, 3.63) is 24.3 Å². The van der Waals surface area contributed by atoms with Crippen molar-refractivity contribution in [1.29, 1.82) is 0 Å². The van der Waals surface area contributed by atoms with Crippen LogP contribution in [0.15, 0.2) is 29.2 Å². The molecule has 0 aliphatic carbocycles. The summed E-state index contributed by atoms with van der Waals surface area (Å²) < 4.78 is 32.0. The standard InChI is InChI=1S/C16H25N3O3S3/c1-22-14-4-6-15(7-5-14)25(20,21)19-11-9-18(10-12-19)16(23)17-8-3-13-24-2/h4-7H,3,8-13H2,1-2H3,(H,17,23). The smallest absolute Gasteiger partial charge is 0.243 e. The average Bonchev–Trinajstić information content (AvgIpc) is 2.65. The van der Waals surface area contributed by atoms with Crippen molar-refractivity contribution < 1.29 is 13.2 Å². The summed E-state index contributed by atoms with van der Waals surface area (Å²) in [5, 5.41) is 3.96. The molecule has 0 saturated carbocycles. The number of rotatable bonds is 7. The predicted molar refractivity (Wildman–Crippen MR) is 107 cm³/mol. The van der Waals surface area contributed by atoms with Crippen LogP contribution in [-0.4, -0.2) is 74.6 Å². The minimum atomic E-state index is -3.48. The number of hydrogen-bond donors (Lipinski definition) is 1. The fourth-order valence-electron chi connectivity index (χ4n) is 2.55. The van der Waals surface area contributed by atoms with Gasteiger partial charge in [-0.15, -0.1) is 0 Å². The van der Waals surface area contributed by atoms with Crippen molar-refractivity contribution in [1.82, 2.24) is 14.5 Å². The maximum Gasteiger partial charge on any atom is 0.243 e. The lowest BCUT2D eigenvalue weighted by atomic mass is 10.3. The van der Waals surface area contributed by atoms with E-state index < -0.39 is 10.0 Å². The predicted octanol–water partition coefficient (Wildman–Crippen LogP) is 1.63. The van der Waals surface area contributed by atoms with Crippen molar-refractivity contribution in [2.45, 2.75) is 11.3 Å². The van der Waals surface area contributed by atoms with E-state index in [-0.39, 0.29) is 0 Å². The van der Waals surface area contributed by atoms with E-state index in [0.29, 0.717) is 41.9 Å². The molecule has 1 aromatic carbocycles. The van der Waals surface area contributed by atoms with Gasteiger partial charge in [0, 0.05) is 32.7 Å². The number of nitrogens with zero attached hydrogens (tertiary/aromatic N) is 2. The Morgan fingerprint density at radius 1 is 1.24 bits per heavy atom. The number of sulfonamides is 1. The van der Waals surface area contributed by atoms with Gasteiger partial charge in [-0.1, -0.05) is 0 Å². The van der Waals surface area contributed by atoms with E-state index in [9.17, 15) is 8.42 Å². The van der Waals surface area contributed by atoms with Crippen LogP contribution in [0, 0.1) is 0 Å². The fraction of sp³-hybridized carbons (Fsp3) is 0.562. The molecule has 0 aromatic heterocycles. The molecule has 1 aliphatic heterocycles. The summed E-state index contributed by atoms with van der Waals surface area (Å²) in [5.74, 6) is 1.74. The monoisotopic (exact) mass is 403 g/mol. The van der Waals surface area contributed by atoms with Gasteiger partial charge in [-0.3, -0.25) is 0 Å². The first-order valence-corrected chi connectivity index (χ1v) is 11.4. The molecule has 0 unspecified atom stereocenters. The Morgan fingerprint density at radius 3 is 2.44 bits per heavy atom. The highest BCUT2D eigenvalue weighted by atomic mass is 32.2. The molecule has 1 fully saturated rings. The second kappa shape index (κ2) is 9.61. The molecule has 1 heterocycles. The van der Waals surface area contributed by atoms with Crippen LogP contribution in [0.1, 0.15) is 6.42 Å². The van der Waals surface area contributed by atoms with Crippen LogP contribution in [0.25, 0.3) is 0 Å². The lowest BCUT2D eigenvalue weighted by Gasteiger charge is -2.35. The van der Waals surface area contributed by atoms with Gasteiger partial charge in [0.05, 0.1) is 12.0 Å². The third-order valence-electron chi connectivity index (χ3n) is 4.02. The normalized spacial score (nSPS) is 15.8. The van der Waals surface area contributed by atoms with E-state index >= 15 is 0 Å². The van der Waals surface area contributed by atoms with Gasteiger partial charge in [0.25, 0.3) is 0 Å². The lowest BCUT2D eigenvalue weighted by Crippen LogP contribution is -2.53. The minimum absolute atomic E-state index is 0.291. The zero-order valence-corrected chi connectivity index (χ0v) is 17.1. The number of ether oxygens (including phenoxy) is 1. The van der Waals surface area contributed by atoms with Crippen LogP contribution in [0.3, 0.4) is 0 Å². The Balaban J connectivity index is 1.88. The second-order valence-electron chi connectivity index (χ2n) is 5.64. The van der Waals surface area contributed by atoms with Crippen molar-refractivity contribution in [2.24, 2.45) is 0 Å². The van der Waals surface area contributed by atoms with Crippen LogP contribution in [0.2, 0.25) is 0 Å². The van der Waals surface area contributed by atoms with Gasteiger partial charge in [0.2, 0.25) is 10.0 Å². The number of thiocarbonyl (C=S) groups is 1. The summed E-state index contributed by atoms with van der Waals surface area (Å²) in [6.07, 6.45) is 3.15. The first-order valence-electron chi connectivity index (χ1n) is 8.15. The molecular weight excluding hydrogens is 378 g/mol. The van der Waals surface area contributed by atoms with Crippen molar-refractivity contribution in [3.8, 4) is 5.75 Å². The van der Waals surface area contributed by atoms with E-state index in [1.165, 1.54) is 4.31 Å². The Labute approximate surface area is 160 Å². The molecule has 6 nitrogen and oxygen atoms in total. The first kappa shape index (κ1) is 20.3. The summed E-state index contributed by atoms with van der Waals surface area (Å²) in [6.45, 7) is 2.92. The van der Waals surface area contributed by atoms with Crippen LogP contribution in [0.4, 0.5) is 0 Å². The second-order valence-corrected chi connectivity index (χ2v) is 8.96. The summed E-state index contributed by atoms with van der Waals surface area (Å²) in [4.78, 5) is 2.33. The Bertz CT molecular complexity index is 657. The van der Waals surface area contributed by atoms with Crippen LogP contribution in [-0.2, 0) is 10.0 Å². The maximum absolute atomic E-state index is 12.7. The topological polar surface area (TPSA) is 61.9 Å². The van der Waals surface area contributed by atoms with E-state index in [2.05, 4.69) is 11.6 Å². The SMILES string of the molecule is COc1ccc(S(=O)(=O)N2CCN(C(=S)NCCCSC)CC2)cc1. The average molecular weight is 404 g/mol. The molecule has 0 radical (unpaired) electrons. The third-order valence-corrected chi connectivity index (χ3v) is 7.04. The summed E-state index contributed by atoms with van der Waals surface area (Å²) >= 11 is 7.22. The van der Waals surface area contributed by atoms with Gasteiger partial charge in [-0.05, 0) is 54.9 Å². The number of methoxy groups -OCH3 is 1.